The van der Waals surface area contributed by atoms with Gasteiger partial charge in [-0.15, -0.1) is 0 Å². The van der Waals surface area contributed by atoms with Gasteiger partial charge in [-0.1, -0.05) is 12.1 Å². The van der Waals surface area contributed by atoms with Gasteiger partial charge in [0.05, 0.1) is 34.7 Å². The quantitative estimate of drug-likeness (QED) is 0.546. The van der Waals surface area contributed by atoms with Gasteiger partial charge in [0, 0.05) is 18.1 Å². The van der Waals surface area contributed by atoms with Crippen molar-refractivity contribution in [3.8, 4) is 6.07 Å². The third-order valence-corrected chi connectivity index (χ3v) is 5.24. The number of rotatable bonds is 2. The molecule has 1 aliphatic heterocycles. The molecule has 5 rings (SSSR count). The van der Waals surface area contributed by atoms with Crippen molar-refractivity contribution < 1.29 is 4.39 Å². The van der Waals surface area contributed by atoms with Crippen molar-refractivity contribution in [1.29, 1.82) is 5.26 Å². The standard InChI is InChI=1S/C20H14FN7O/c1-28-19(23-9-24-28)16-17(11-4-2-10(8-22)3-5-11)25-14-7-12(21)6-13-15(14)18(16)26-27-20(13)29/h2-7,9,16-17,25H,1H3,(H,27,29). The maximum absolute atomic E-state index is 14.2. The molecule has 0 saturated carbocycles. The predicted octanol–water partition coefficient (Wildman–Crippen LogP) is 2.36. The topological polar surface area (TPSA) is 112 Å². The average molecular weight is 387 g/mol. The smallest absolute Gasteiger partial charge is 0.272 e. The third-order valence-electron chi connectivity index (χ3n) is 5.24. The molecule has 2 N–H and O–H groups in total. The molecule has 0 fully saturated rings. The van der Waals surface area contributed by atoms with Gasteiger partial charge in [0.1, 0.15) is 18.0 Å². The number of benzene rings is 2. The number of H-pyrrole nitrogens is 1. The Morgan fingerprint density at radius 2 is 2.03 bits per heavy atom. The number of nitrogens with one attached hydrogen (secondary N) is 2. The Balaban J connectivity index is 1.80. The molecule has 3 heterocycles. The zero-order chi connectivity index (χ0) is 20.1. The monoisotopic (exact) mass is 387 g/mol. The number of hydrogen-bond acceptors (Lipinski definition) is 6. The molecule has 0 amide bonds. The third kappa shape index (κ3) is 2.57. The van der Waals surface area contributed by atoms with Crippen molar-refractivity contribution in [3.05, 3.63) is 81.5 Å². The normalized spacial score (nSPS) is 17.7. The number of aryl methyl sites for hydroxylation is 1. The molecule has 142 valence electrons. The highest BCUT2D eigenvalue weighted by Crippen LogP contribution is 2.45. The van der Waals surface area contributed by atoms with Crippen molar-refractivity contribution in [2.24, 2.45) is 7.05 Å². The lowest BCUT2D eigenvalue weighted by molar-refractivity contribution is 0.564. The summed E-state index contributed by atoms with van der Waals surface area (Å²) >= 11 is 0. The minimum Gasteiger partial charge on any atom is -0.376 e. The van der Waals surface area contributed by atoms with E-state index in [4.69, 9.17) is 5.26 Å². The number of anilines is 1. The van der Waals surface area contributed by atoms with E-state index in [-0.39, 0.29) is 11.4 Å². The number of aromatic amines is 1. The fraction of sp³-hybridized carbons (Fsp3) is 0.150. The van der Waals surface area contributed by atoms with Crippen LogP contribution < -0.4 is 10.9 Å². The Morgan fingerprint density at radius 3 is 2.72 bits per heavy atom. The Hall–Kier alpha value is -4.06. The van der Waals surface area contributed by atoms with Gasteiger partial charge < -0.3 is 5.32 Å². The molecule has 2 unspecified atom stereocenters. The van der Waals surface area contributed by atoms with E-state index in [2.05, 4.69) is 31.7 Å². The summed E-state index contributed by atoms with van der Waals surface area (Å²) in [6.45, 7) is 0. The summed E-state index contributed by atoms with van der Waals surface area (Å²) in [6, 6.07) is 11.4. The second-order valence-corrected chi connectivity index (χ2v) is 6.89. The molecule has 0 saturated heterocycles. The van der Waals surface area contributed by atoms with Gasteiger partial charge in [-0.25, -0.2) is 14.5 Å². The van der Waals surface area contributed by atoms with E-state index in [0.717, 1.165) is 5.56 Å². The SMILES string of the molecule is Cn1ncnc1C1c2n[nH]c(=O)c3cc(F)cc(c23)NC1c1ccc(C#N)cc1. The van der Waals surface area contributed by atoms with Gasteiger partial charge in [0.15, 0.2) is 0 Å². The Kier molecular flexibility index (Phi) is 3.67. The van der Waals surface area contributed by atoms with Crippen LogP contribution in [-0.4, -0.2) is 25.0 Å². The molecule has 8 nitrogen and oxygen atoms in total. The van der Waals surface area contributed by atoms with E-state index < -0.39 is 17.3 Å². The van der Waals surface area contributed by atoms with Crippen molar-refractivity contribution >= 4 is 16.5 Å². The molecule has 2 atom stereocenters. The van der Waals surface area contributed by atoms with Gasteiger partial charge in [0.25, 0.3) is 5.56 Å². The van der Waals surface area contributed by atoms with Crippen molar-refractivity contribution in [2.45, 2.75) is 12.0 Å². The summed E-state index contributed by atoms with van der Waals surface area (Å²) in [7, 11) is 1.78. The molecule has 29 heavy (non-hydrogen) atoms. The Morgan fingerprint density at radius 1 is 1.24 bits per heavy atom. The van der Waals surface area contributed by atoms with E-state index in [1.54, 1.807) is 23.9 Å². The van der Waals surface area contributed by atoms with Crippen LogP contribution in [0, 0.1) is 17.1 Å². The highest BCUT2D eigenvalue weighted by atomic mass is 19.1. The summed E-state index contributed by atoms with van der Waals surface area (Å²) in [5.41, 5.74) is 2.02. The minimum atomic E-state index is -0.515. The molecule has 2 aromatic heterocycles. The molecule has 9 heteroatoms. The summed E-state index contributed by atoms with van der Waals surface area (Å²) in [4.78, 5) is 16.7. The van der Waals surface area contributed by atoms with Crippen LogP contribution in [0.5, 0.6) is 0 Å². The van der Waals surface area contributed by atoms with Gasteiger partial charge in [-0.3, -0.25) is 9.48 Å². The van der Waals surface area contributed by atoms with Crippen molar-refractivity contribution in [2.75, 3.05) is 5.32 Å². The first-order valence-corrected chi connectivity index (χ1v) is 8.89. The number of halogens is 1. The maximum atomic E-state index is 14.2. The number of hydrogen-bond donors (Lipinski definition) is 2. The maximum Gasteiger partial charge on any atom is 0.272 e. The molecule has 0 aliphatic carbocycles. The van der Waals surface area contributed by atoms with Crippen LogP contribution in [-0.2, 0) is 7.05 Å². The summed E-state index contributed by atoms with van der Waals surface area (Å²) in [5.74, 6) is -0.270. The van der Waals surface area contributed by atoms with Crippen LogP contribution in [0.25, 0.3) is 10.8 Å². The molecular weight excluding hydrogens is 373 g/mol. The fourth-order valence-electron chi connectivity index (χ4n) is 3.94. The zero-order valence-corrected chi connectivity index (χ0v) is 15.2. The number of nitrogens with zero attached hydrogens (tertiary/aromatic N) is 5. The van der Waals surface area contributed by atoms with Crippen LogP contribution >= 0.6 is 0 Å². The number of nitriles is 1. The van der Waals surface area contributed by atoms with Crippen LogP contribution in [0.4, 0.5) is 10.1 Å². The predicted molar refractivity (Wildman–Crippen MR) is 103 cm³/mol. The lowest BCUT2D eigenvalue weighted by Gasteiger charge is -2.33. The Labute approximate surface area is 163 Å². The molecule has 0 bridgehead atoms. The van der Waals surface area contributed by atoms with Crippen molar-refractivity contribution in [3.63, 3.8) is 0 Å². The molecule has 0 radical (unpaired) electrons. The first kappa shape index (κ1) is 17.1. The van der Waals surface area contributed by atoms with E-state index in [1.807, 2.05) is 12.1 Å². The lowest BCUT2D eigenvalue weighted by atomic mass is 9.83. The van der Waals surface area contributed by atoms with Gasteiger partial charge >= 0.3 is 0 Å². The first-order chi connectivity index (χ1) is 14.1. The van der Waals surface area contributed by atoms with E-state index in [0.29, 0.717) is 28.2 Å². The second kappa shape index (κ2) is 6.24. The van der Waals surface area contributed by atoms with Crippen molar-refractivity contribution in [1.82, 2.24) is 25.0 Å². The Bertz CT molecular complexity index is 1350. The van der Waals surface area contributed by atoms with E-state index in [9.17, 15) is 9.18 Å². The minimum absolute atomic E-state index is 0.225. The van der Waals surface area contributed by atoms with Gasteiger partial charge in [-0.2, -0.15) is 15.5 Å². The number of aromatic nitrogens is 5. The summed E-state index contributed by atoms with van der Waals surface area (Å²) < 4.78 is 15.9. The second-order valence-electron chi connectivity index (χ2n) is 6.89. The molecule has 1 aliphatic rings. The molecule has 4 aromatic rings. The van der Waals surface area contributed by atoms with Crippen LogP contribution in [0.1, 0.15) is 34.6 Å². The highest BCUT2D eigenvalue weighted by Gasteiger charge is 2.37. The summed E-state index contributed by atoms with van der Waals surface area (Å²) in [5, 5.41) is 24.2. The largest absolute Gasteiger partial charge is 0.376 e. The average Bonchev–Trinajstić information content (AvgIpc) is 3.15. The summed E-state index contributed by atoms with van der Waals surface area (Å²) in [6.07, 6.45) is 1.45. The van der Waals surface area contributed by atoms with Crippen LogP contribution in [0.3, 0.4) is 0 Å². The zero-order valence-electron chi connectivity index (χ0n) is 15.2. The van der Waals surface area contributed by atoms with Gasteiger partial charge in [0.2, 0.25) is 0 Å². The fourth-order valence-corrected chi connectivity index (χ4v) is 3.94. The van der Waals surface area contributed by atoms with Crippen LogP contribution in [0.2, 0.25) is 0 Å². The lowest BCUT2D eigenvalue weighted by Crippen LogP contribution is -2.30. The van der Waals surface area contributed by atoms with Gasteiger partial charge in [-0.05, 0) is 29.8 Å². The molecular formula is C20H14FN7O. The van der Waals surface area contributed by atoms with Crippen LogP contribution in [0.15, 0.2) is 47.5 Å². The molecule has 0 spiro atoms. The molecule has 2 aromatic carbocycles. The first-order valence-electron chi connectivity index (χ1n) is 8.89. The van der Waals surface area contributed by atoms with E-state index >= 15 is 0 Å². The van der Waals surface area contributed by atoms with E-state index in [1.165, 1.54) is 18.5 Å². The highest BCUT2D eigenvalue weighted by molar-refractivity contribution is 5.97.